The van der Waals surface area contributed by atoms with Crippen LogP contribution in [0.25, 0.3) is 10.9 Å². The molecule has 1 aliphatic heterocycles. The Morgan fingerprint density at radius 1 is 1.40 bits per heavy atom. The van der Waals surface area contributed by atoms with Crippen LogP contribution in [0.4, 0.5) is 5.69 Å². The molecule has 1 unspecified atom stereocenters. The minimum atomic E-state index is 0.217. The van der Waals surface area contributed by atoms with Gasteiger partial charge < -0.3 is 10.2 Å². The molecular weight excluding hydrogens is 274 g/mol. The molecule has 0 saturated carbocycles. The Labute approximate surface area is 122 Å². The fourth-order valence-electron chi connectivity index (χ4n) is 2.60. The molecule has 1 aromatic carbocycles. The summed E-state index contributed by atoms with van der Waals surface area (Å²) in [6.07, 6.45) is 3.24. The molecule has 3 rings (SSSR count). The van der Waals surface area contributed by atoms with Gasteiger partial charge in [0.1, 0.15) is 0 Å². The quantitative estimate of drug-likeness (QED) is 0.924. The number of nitrogens with one attached hydrogen (secondary N) is 1. The molecule has 1 saturated heterocycles. The van der Waals surface area contributed by atoms with Crippen LogP contribution in [0.1, 0.15) is 12.8 Å². The zero-order chi connectivity index (χ0) is 14.1. The van der Waals surface area contributed by atoms with Gasteiger partial charge in [-0.3, -0.25) is 9.78 Å². The van der Waals surface area contributed by atoms with E-state index in [0.29, 0.717) is 11.4 Å². The molecule has 20 heavy (non-hydrogen) atoms. The van der Waals surface area contributed by atoms with Gasteiger partial charge in [-0.15, -0.1) is 0 Å². The summed E-state index contributed by atoms with van der Waals surface area (Å²) >= 11 is 5.99. The number of halogens is 1. The third-order valence-corrected chi connectivity index (χ3v) is 3.93. The van der Waals surface area contributed by atoms with Gasteiger partial charge in [0, 0.05) is 48.3 Å². The van der Waals surface area contributed by atoms with Gasteiger partial charge in [-0.25, -0.2) is 0 Å². The number of pyridine rings is 1. The Bertz CT molecular complexity index is 659. The lowest BCUT2D eigenvalue weighted by molar-refractivity contribution is -0.132. The van der Waals surface area contributed by atoms with Crippen molar-refractivity contribution in [3.05, 3.63) is 35.5 Å². The molecule has 2 heterocycles. The normalized spacial score (nSPS) is 19.4. The highest BCUT2D eigenvalue weighted by Gasteiger charge is 2.22. The van der Waals surface area contributed by atoms with Crippen molar-refractivity contribution < 1.29 is 4.79 Å². The van der Waals surface area contributed by atoms with Crippen molar-refractivity contribution in [3.8, 4) is 0 Å². The Morgan fingerprint density at radius 2 is 2.25 bits per heavy atom. The first-order valence-corrected chi connectivity index (χ1v) is 7.06. The van der Waals surface area contributed by atoms with Gasteiger partial charge in [-0.2, -0.15) is 0 Å². The van der Waals surface area contributed by atoms with Crippen LogP contribution in [-0.2, 0) is 4.79 Å². The molecule has 0 radical (unpaired) electrons. The van der Waals surface area contributed by atoms with E-state index in [1.165, 1.54) is 0 Å². The van der Waals surface area contributed by atoms with Gasteiger partial charge in [-0.05, 0) is 30.7 Å². The van der Waals surface area contributed by atoms with Crippen molar-refractivity contribution in [2.75, 3.05) is 18.9 Å². The molecular formula is C15H16ClN3O. The van der Waals surface area contributed by atoms with Crippen molar-refractivity contribution in [2.45, 2.75) is 18.9 Å². The summed E-state index contributed by atoms with van der Waals surface area (Å²) in [5, 5.41) is 5.25. The third kappa shape index (κ3) is 2.56. The van der Waals surface area contributed by atoms with Crippen LogP contribution < -0.4 is 5.32 Å². The van der Waals surface area contributed by atoms with E-state index in [0.717, 1.165) is 29.6 Å². The second-order valence-corrected chi connectivity index (χ2v) is 5.61. The van der Waals surface area contributed by atoms with E-state index in [1.807, 2.05) is 31.3 Å². The standard InChI is InChI=1S/C15H16ClN3O/c1-19-9-11(3-5-15(19)20)18-13-6-7-17-14-8-10(16)2-4-12(13)14/h2,4,6-8,11H,3,5,9H2,1H3,(H,17,18). The molecule has 1 aromatic heterocycles. The zero-order valence-corrected chi connectivity index (χ0v) is 12.0. The second kappa shape index (κ2) is 5.29. The molecule has 0 aliphatic carbocycles. The number of likely N-dealkylation sites (tertiary alicyclic amines) is 1. The number of piperidine rings is 1. The number of hydrogen-bond acceptors (Lipinski definition) is 3. The number of aromatic nitrogens is 1. The number of carbonyl (C=O) groups is 1. The first-order valence-electron chi connectivity index (χ1n) is 6.68. The minimum Gasteiger partial charge on any atom is -0.380 e. The highest BCUT2D eigenvalue weighted by atomic mass is 35.5. The average Bonchev–Trinajstić information content (AvgIpc) is 2.43. The molecule has 1 aliphatic rings. The lowest BCUT2D eigenvalue weighted by Crippen LogP contribution is -2.43. The maximum atomic E-state index is 11.5. The first-order chi connectivity index (χ1) is 9.63. The van der Waals surface area contributed by atoms with Crippen LogP contribution in [0, 0.1) is 0 Å². The fraction of sp³-hybridized carbons (Fsp3) is 0.333. The summed E-state index contributed by atoms with van der Waals surface area (Å²) in [5.74, 6) is 0.217. The van der Waals surface area contributed by atoms with Gasteiger partial charge in [0.25, 0.3) is 0 Å². The van der Waals surface area contributed by atoms with E-state index in [9.17, 15) is 4.79 Å². The molecule has 0 spiro atoms. The maximum absolute atomic E-state index is 11.5. The summed E-state index contributed by atoms with van der Waals surface area (Å²) in [6, 6.07) is 7.95. The third-order valence-electron chi connectivity index (χ3n) is 3.69. The number of nitrogens with zero attached hydrogens (tertiary/aromatic N) is 2. The molecule has 1 fully saturated rings. The molecule has 1 amide bonds. The maximum Gasteiger partial charge on any atom is 0.222 e. The van der Waals surface area contributed by atoms with Crippen molar-refractivity contribution in [2.24, 2.45) is 0 Å². The molecule has 104 valence electrons. The molecule has 1 N–H and O–H groups in total. The number of likely N-dealkylation sites (N-methyl/N-ethyl adjacent to an activating group) is 1. The number of hydrogen-bond donors (Lipinski definition) is 1. The van der Waals surface area contributed by atoms with E-state index in [4.69, 9.17) is 11.6 Å². The summed E-state index contributed by atoms with van der Waals surface area (Å²) in [6.45, 7) is 0.732. The number of carbonyl (C=O) groups excluding carboxylic acids is 1. The molecule has 1 atom stereocenters. The van der Waals surface area contributed by atoms with E-state index < -0.39 is 0 Å². The largest absolute Gasteiger partial charge is 0.380 e. The van der Waals surface area contributed by atoms with E-state index in [2.05, 4.69) is 10.3 Å². The Balaban J connectivity index is 1.86. The van der Waals surface area contributed by atoms with Gasteiger partial charge in [0.15, 0.2) is 0 Å². The van der Waals surface area contributed by atoms with Crippen LogP contribution in [0.2, 0.25) is 5.02 Å². The van der Waals surface area contributed by atoms with Crippen LogP contribution in [0.3, 0.4) is 0 Å². The summed E-state index contributed by atoms with van der Waals surface area (Å²) in [4.78, 5) is 17.6. The van der Waals surface area contributed by atoms with E-state index in [-0.39, 0.29) is 11.9 Å². The predicted molar refractivity (Wildman–Crippen MR) is 81.0 cm³/mol. The van der Waals surface area contributed by atoms with E-state index in [1.54, 1.807) is 11.1 Å². The molecule has 0 bridgehead atoms. The minimum absolute atomic E-state index is 0.217. The number of amides is 1. The van der Waals surface area contributed by atoms with E-state index >= 15 is 0 Å². The van der Waals surface area contributed by atoms with Gasteiger partial charge in [0.05, 0.1) is 5.52 Å². The Morgan fingerprint density at radius 3 is 3.05 bits per heavy atom. The van der Waals surface area contributed by atoms with Crippen LogP contribution in [0.5, 0.6) is 0 Å². The number of rotatable bonds is 2. The van der Waals surface area contributed by atoms with Gasteiger partial charge in [0.2, 0.25) is 5.91 Å². The molecule has 2 aromatic rings. The first kappa shape index (κ1) is 13.2. The summed E-state index contributed by atoms with van der Waals surface area (Å²) in [5.41, 5.74) is 1.92. The second-order valence-electron chi connectivity index (χ2n) is 5.17. The predicted octanol–water partition coefficient (Wildman–Crippen LogP) is 2.92. The van der Waals surface area contributed by atoms with Crippen molar-refractivity contribution in [3.63, 3.8) is 0 Å². The average molecular weight is 290 g/mol. The lowest BCUT2D eigenvalue weighted by atomic mass is 10.0. The van der Waals surface area contributed by atoms with Gasteiger partial charge >= 0.3 is 0 Å². The number of anilines is 1. The number of fused-ring (bicyclic) bond motifs is 1. The fourth-order valence-corrected chi connectivity index (χ4v) is 2.76. The smallest absolute Gasteiger partial charge is 0.222 e. The molecule has 4 nitrogen and oxygen atoms in total. The highest BCUT2D eigenvalue weighted by Crippen LogP contribution is 2.26. The van der Waals surface area contributed by atoms with Crippen molar-refractivity contribution in [1.82, 2.24) is 9.88 Å². The van der Waals surface area contributed by atoms with Crippen LogP contribution in [-0.4, -0.2) is 35.4 Å². The van der Waals surface area contributed by atoms with Crippen LogP contribution in [0.15, 0.2) is 30.5 Å². The summed E-state index contributed by atoms with van der Waals surface area (Å²) < 4.78 is 0. The van der Waals surface area contributed by atoms with Crippen molar-refractivity contribution >= 4 is 34.1 Å². The van der Waals surface area contributed by atoms with Gasteiger partial charge in [-0.1, -0.05) is 11.6 Å². The molecule has 5 heteroatoms. The Hall–Kier alpha value is -1.81. The monoisotopic (exact) mass is 289 g/mol. The topological polar surface area (TPSA) is 45.2 Å². The highest BCUT2D eigenvalue weighted by molar-refractivity contribution is 6.31. The number of benzene rings is 1. The lowest BCUT2D eigenvalue weighted by Gasteiger charge is -2.31. The zero-order valence-electron chi connectivity index (χ0n) is 11.3. The van der Waals surface area contributed by atoms with Crippen LogP contribution >= 0.6 is 11.6 Å². The van der Waals surface area contributed by atoms with Crippen molar-refractivity contribution in [1.29, 1.82) is 0 Å². The SMILES string of the molecule is CN1CC(Nc2ccnc3cc(Cl)ccc23)CCC1=O. The Kier molecular flexibility index (Phi) is 3.49. The summed E-state index contributed by atoms with van der Waals surface area (Å²) in [7, 11) is 1.85.